The number of phenols is 1. The van der Waals surface area contributed by atoms with Crippen LogP contribution in [0.15, 0.2) is 12.1 Å². The number of methoxy groups -OCH3 is 3. The minimum absolute atomic E-state index is 0.00776. The number of esters is 1. The van der Waals surface area contributed by atoms with Gasteiger partial charge in [0.2, 0.25) is 18.3 Å². The number of benzene rings is 2. The van der Waals surface area contributed by atoms with Gasteiger partial charge in [-0.1, -0.05) is 13.8 Å². The summed E-state index contributed by atoms with van der Waals surface area (Å²) in [5.74, 6) is 0.0479. The van der Waals surface area contributed by atoms with Gasteiger partial charge in [0.05, 0.1) is 27.4 Å². The van der Waals surface area contributed by atoms with Crippen molar-refractivity contribution in [3.8, 4) is 45.6 Å². The van der Waals surface area contributed by atoms with Gasteiger partial charge >= 0.3 is 5.97 Å². The van der Waals surface area contributed by atoms with E-state index in [2.05, 4.69) is 0 Å². The van der Waals surface area contributed by atoms with E-state index in [1.807, 2.05) is 13.8 Å². The van der Waals surface area contributed by atoms with E-state index in [4.69, 9.17) is 28.4 Å². The van der Waals surface area contributed by atoms with E-state index in [1.165, 1.54) is 28.3 Å². The quantitative estimate of drug-likeness (QED) is 0.659. The molecular weight excluding hydrogens is 432 g/mol. The summed E-state index contributed by atoms with van der Waals surface area (Å²) in [5, 5.41) is 22.8. The van der Waals surface area contributed by atoms with Crippen molar-refractivity contribution in [2.75, 3.05) is 28.1 Å². The van der Waals surface area contributed by atoms with Gasteiger partial charge in [-0.15, -0.1) is 0 Å². The maximum Gasteiger partial charge on any atom is 0.303 e. The molecule has 0 radical (unpaired) electrons. The average molecular weight is 460 g/mol. The van der Waals surface area contributed by atoms with E-state index < -0.39 is 18.2 Å². The molecule has 4 atom stereocenters. The molecule has 1 aliphatic carbocycles. The Labute approximate surface area is 191 Å². The van der Waals surface area contributed by atoms with E-state index in [-0.39, 0.29) is 47.2 Å². The minimum Gasteiger partial charge on any atom is -0.504 e. The van der Waals surface area contributed by atoms with Gasteiger partial charge in [-0.05, 0) is 23.6 Å². The summed E-state index contributed by atoms with van der Waals surface area (Å²) in [7, 11) is 4.33. The van der Waals surface area contributed by atoms with Crippen LogP contribution in [0, 0.1) is 11.8 Å². The van der Waals surface area contributed by atoms with E-state index >= 15 is 0 Å². The highest BCUT2D eigenvalue weighted by Gasteiger charge is 2.42. The van der Waals surface area contributed by atoms with Crippen molar-refractivity contribution in [3.63, 3.8) is 0 Å². The number of phenolic OH excluding ortho intramolecular Hbond substituents is 1. The van der Waals surface area contributed by atoms with Crippen molar-refractivity contribution >= 4 is 5.97 Å². The van der Waals surface area contributed by atoms with Gasteiger partial charge in [-0.3, -0.25) is 4.79 Å². The molecule has 2 aliphatic rings. The lowest BCUT2D eigenvalue weighted by molar-refractivity contribution is -0.151. The van der Waals surface area contributed by atoms with Crippen molar-refractivity contribution in [1.29, 1.82) is 0 Å². The van der Waals surface area contributed by atoms with Gasteiger partial charge in [0.15, 0.2) is 23.0 Å². The van der Waals surface area contributed by atoms with Crippen molar-refractivity contribution < 1.29 is 43.4 Å². The number of carbonyl (C=O) groups is 1. The highest BCUT2D eigenvalue weighted by atomic mass is 16.7. The number of carbonyl (C=O) groups excluding carboxylic acids is 1. The van der Waals surface area contributed by atoms with Gasteiger partial charge in [-0.25, -0.2) is 0 Å². The normalized spacial score (nSPS) is 23.0. The van der Waals surface area contributed by atoms with E-state index in [1.54, 1.807) is 12.1 Å². The molecule has 0 unspecified atom stereocenters. The molecule has 0 bridgehead atoms. The first kappa shape index (κ1) is 22.8. The summed E-state index contributed by atoms with van der Waals surface area (Å²) in [6.07, 6.45) is -1.78. The van der Waals surface area contributed by atoms with Crippen LogP contribution in [-0.4, -0.2) is 44.3 Å². The maximum atomic E-state index is 12.1. The van der Waals surface area contributed by atoms with E-state index in [0.717, 1.165) is 0 Å². The molecule has 1 heterocycles. The second-order valence-electron chi connectivity index (χ2n) is 8.23. The molecule has 0 spiro atoms. The lowest BCUT2D eigenvalue weighted by Gasteiger charge is -2.37. The maximum absolute atomic E-state index is 12.1. The second kappa shape index (κ2) is 8.55. The fourth-order valence-electron chi connectivity index (χ4n) is 4.68. The fourth-order valence-corrected chi connectivity index (χ4v) is 4.68. The standard InChI is InChI=1S/C24H28O9/c1-10-11(2)21(33-12(3)25)14-8-16-23(32-9-31-16)24(30-6)18(14)17-13(19(10)26)7-15(28-4)22(29-5)20(17)27/h7-8,10-11,19,21,26-27H,9H2,1-6H3/t10-,11+,19+,21+/m0/s1. The minimum atomic E-state index is -1.03. The molecule has 4 rings (SSSR count). The molecule has 33 heavy (non-hydrogen) atoms. The largest absolute Gasteiger partial charge is 0.504 e. The van der Waals surface area contributed by atoms with E-state index in [9.17, 15) is 15.0 Å². The number of aromatic hydroxyl groups is 1. The van der Waals surface area contributed by atoms with Gasteiger partial charge in [0.1, 0.15) is 6.10 Å². The van der Waals surface area contributed by atoms with Crippen LogP contribution in [0.4, 0.5) is 0 Å². The zero-order chi connectivity index (χ0) is 24.0. The monoisotopic (exact) mass is 460 g/mol. The predicted octanol–water partition coefficient (Wildman–Crippen LogP) is 3.74. The van der Waals surface area contributed by atoms with Crippen LogP contribution >= 0.6 is 0 Å². The van der Waals surface area contributed by atoms with Crippen LogP contribution in [0.1, 0.15) is 44.1 Å². The molecule has 178 valence electrons. The number of fused-ring (bicyclic) bond motifs is 4. The Balaban J connectivity index is 2.18. The number of rotatable bonds is 4. The van der Waals surface area contributed by atoms with E-state index in [0.29, 0.717) is 28.2 Å². The Hall–Kier alpha value is -3.33. The van der Waals surface area contributed by atoms with Crippen LogP contribution in [0.2, 0.25) is 0 Å². The van der Waals surface area contributed by atoms with Crippen molar-refractivity contribution in [2.24, 2.45) is 11.8 Å². The Morgan fingerprint density at radius 1 is 0.970 bits per heavy atom. The number of aliphatic hydroxyl groups is 1. The smallest absolute Gasteiger partial charge is 0.303 e. The lowest BCUT2D eigenvalue weighted by Crippen LogP contribution is -2.28. The summed E-state index contributed by atoms with van der Waals surface area (Å²) in [4.78, 5) is 12.1. The topological polar surface area (TPSA) is 113 Å². The first-order chi connectivity index (χ1) is 15.7. The van der Waals surface area contributed by atoms with Crippen LogP contribution in [-0.2, 0) is 9.53 Å². The Morgan fingerprint density at radius 2 is 1.67 bits per heavy atom. The molecule has 2 aromatic rings. The highest BCUT2D eigenvalue weighted by molar-refractivity contribution is 5.89. The molecule has 2 N–H and O–H groups in total. The SMILES string of the molecule is COc1cc2c(c(O)c1OC)-c1c(cc3c(c1OC)OCO3)[C@H](OC(C)=O)[C@H](C)[C@H](C)[C@H]2O. The Morgan fingerprint density at radius 3 is 2.27 bits per heavy atom. The van der Waals surface area contributed by atoms with Gasteiger partial charge < -0.3 is 38.6 Å². The molecule has 0 saturated carbocycles. The van der Waals surface area contributed by atoms with Crippen molar-refractivity contribution in [3.05, 3.63) is 23.3 Å². The van der Waals surface area contributed by atoms with Crippen molar-refractivity contribution in [2.45, 2.75) is 33.0 Å². The fraction of sp³-hybridized carbons (Fsp3) is 0.458. The lowest BCUT2D eigenvalue weighted by atomic mass is 9.74. The third-order valence-electron chi connectivity index (χ3n) is 6.50. The number of hydrogen-bond acceptors (Lipinski definition) is 9. The molecule has 9 nitrogen and oxygen atoms in total. The second-order valence-corrected chi connectivity index (χ2v) is 8.23. The van der Waals surface area contributed by atoms with Crippen LogP contribution in [0.25, 0.3) is 11.1 Å². The van der Waals surface area contributed by atoms with Crippen LogP contribution < -0.4 is 23.7 Å². The molecule has 9 heteroatoms. The molecular formula is C24H28O9. The predicted molar refractivity (Wildman–Crippen MR) is 117 cm³/mol. The van der Waals surface area contributed by atoms with Gasteiger partial charge in [-0.2, -0.15) is 0 Å². The first-order valence-electron chi connectivity index (χ1n) is 10.6. The number of hydrogen-bond donors (Lipinski definition) is 2. The summed E-state index contributed by atoms with van der Waals surface area (Å²) in [5.41, 5.74) is 1.67. The summed E-state index contributed by atoms with van der Waals surface area (Å²) >= 11 is 0. The third-order valence-corrected chi connectivity index (χ3v) is 6.50. The van der Waals surface area contributed by atoms with Crippen LogP contribution in [0.5, 0.6) is 34.5 Å². The number of aliphatic hydroxyl groups excluding tert-OH is 1. The summed E-state index contributed by atoms with van der Waals surface area (Å²) in [6.45, 7) is 5.08. The molecule has 0 aromatic heterocycles. The first-order valence-corrected chi connectivity index (χ1v) is 10.6. The van der Waals surface area contributed by atoms with Gasteiger partial charge in [0.25, 0.3) is 0 Å². The molecule has 0 saturated heterocycles. The highest BCUT2D eigenvalue weighted by Crippen LogP contribution is 2.59. The Bertz CT molecular complexity index is 1090. The number of ether oxygens (including phenoxy) is 6. The summed E-state index contributed by atoms with van der Waals surface area (Å²) in [6, 6.07) is 3.37. The summed E-state index contributed by atoms with van der Waals surface area (Å²) < 4.78 is 33.6. The van der Waals surface area contributed by atoms with Crippen molar-refractivity contribution in [1.82, 2.24) is 0 Å². The Kier molecular flexibility index (Phi) is 5.92. The zero-order valence-corrected chi connectivity index (χ0v) is 19.4. The molecule has 0 amide bonds. The average Bonchev–Trinajstić information content (AvgIpc) is 3.27. The zero-order valence-electron chi connectivity index (χ0n) is 19.4. The third kappa shape index (κ3) is 3.47. The molecule has 0 fully saturated rings. The van der Waals surface area contributed by atoms with Crippen LogP contribution in [0.3, 0.4) is 0 Å². The molecule has 1 aliphatic heterocycles. The van der Waals surface area contributed by atoms with Gasteiger partial charge in [0, 0.05) is 29.5 Å². The molecule has 2 aromatic carbocycles.